The van der Waals surface area contributed by atoms with E-state index in [4.69, 9.17) is 18.5 Å². The first-order valence-electron chi connectivity index (χ1n) is 24.4. The van der Waals surface area contributed by atoms with Crippen LogP contribution in [0.15, 0.2) is 12.2 Å². The first-order valence-corrected chi connectivity index (χ1v) is 25.9. The molecule has 0 radical (unpaired) electrons. The maximum Gasteiger partial charge on any atom is 0.472 e. The summed E-state index contributed by atoms with van der Waals surface area (Å²) in [5.74, 6) is -0.811. The Morgan fingerprint density at radius 3 is 1.31 bits per heavy atom. The molecule has 1 N–H and O–H groups in total. The first-order chi connectivity index (χ1) is 28.0. The Labute approximate surface area is 358 Å². The Bertz CT molecular complexity index is 1000. The first kappa shape index (κ1) is 56.8. The van der Waals surface area contributed by atoms with Crippen LogP contribution >= 0.6 is 7.82 Å². The van der Waals surface area contributed by atoms with Crippen LogP contribution in [-0.2, 0) is 32.7 Å². The molecule has 0 saturated heterocycles. The summed E-state index contributed by atoms with van der Waals surface area (Å²) in [5, 5.41) is 0. The van der Waals surface area contributed by atoms with Crippen molar-refractivity contribution in [3.8, 4) is 0 Å². The van der Waals surface area contributed by atoms with Crippen LogP contribution in [0.3, 0.4) is 0 Å². The lowest BCUT2D eigenvalue weighted by Crippen LogP contribution is -2.37. The molecule has 0 fully saturated rings. The molecule has 0 spiro atoms. The van der Waals surface area contributed by atoms with Crippen molar-refractivity contribution in [1.82, 2.24) is 0 Å². The van der Waals surface area contributed by atoms with Crippen LogP contribution in [0.5, 0.6) is 0 Å². The molecule has 1 unspecified atom stereocenters. The predicted octanol–water partition coefficient (Wildman–Crippen LogP) is 14.1. The van der Waals surface area contributed by atoms with E-state index in [1.165, 1.54) is 161 Å². The molecular formula is C48H95NO8P+. The molecule has 0 aromatic rings. The molecule has 0 amide bonds. The summed E-state index contributed by atoms with van der Waals surface area (Å²) in [4.78, 5) is 35.4. The number of allylic oxidation sites excluding steroid dienone is 2. The number of ether oxygens (including phenoxy) is 2. The number of esters is 2. The van der Waals surface area contributed by atoms with E-state index >= 15 is 0 Å². The highest BCUT2D eigenvalue weighted by molar-refractivity contribution is 7.47. The number of unbranched alkanes of at least 4 members (excludes halogenated alkanes) is 29. The number of phosphoric ester groups is 1. The van der Waals surface area contributed by atoms with Gasteiger partial charge in [0.25, 0.3) is 0 Å². The van der Waals surface area contributed by atoms with E-state index in [9.17, 15) is 19.0 Å². The lowest BCUT2D eigenvalue weighted by atomic mass is 10.0. The van der Waals surface area contributed by atoms with E-state index in [1.807, 2.05) is 21.1 Å². The van der Waals surface area contributed by atoms with Crippen LogP contribution in [0.4, 0.5) is 0 Å². The number of carbonyl (C=O) groups is 2. The fourth-order valence-electron chi connectivity index (χ4n) is 6.95. The summed E-state index contributed by atoms with van der Waals surface area (Å²) in [6.07, 6.45) is 44.1. The number of hydrogen-bond donors (Lipinski definition) is 1. The Morgan fingerprint density at radius 1 is 0.517 bits per heavy atom. The Morgan fingerprint density at radius 2 is 0.879 bits per heavy atom. The monoisotopic (exact) mass is 845 g/mol. The summed E-state index contributed by atoms with van der Waals surface area (Å²) in [6.45, 7) is 4.44. The van der Waals surface area contributed by atoms with Gasteiger partial charge in [-0.2, -0.15) is 0 Å². The fourth-order valence-corrected chi connectivity index (χ4v) is 7.69. The van der Waals surface area contributed by atoms with Crippen molar-refractivity contribution < 1.29 is 42.1 Å². The van der Waals surface area contributed by atoms with Gasteiger partial charge in [0.05, 0.1) is 27.7 Å². The van der Waals surface area contributed by atoms with Crippen molar-refractivity contribution in [2.45, 2.75) is 238 Å². The zero-order valence-corrected chi connectivity index (χ0v) is 39.7. The Hall–Kier alpha value is -1.25. The van der Waals surface area contributed by atoms with E-state index in [1.54, 1.807) is 0 Å². The van der Waals surface area contributed by atoms with E-state index in [0.29, 0.717) is 23.9 Å². The summed E-state index contributed by atoms with van der Waals surface area (Å²) in [6, 6.07) is 0. The van der Waals surface area contributed by atoms with Crippen LogP contribution in [0.1, 0.15) is 232 Å². The van der Waals surface area contributed by atoms with Crippen molar-refractivity contribution in [2.75, 3.05) is 47.5 Å². The summed E-state index contributed by atoms with van der Waals surface area (Å²) < 4.78 is 34.4. The molecule has 0 rings (SSSR count). The Balaban J connectivity index is 4.26. The molecule has 0 heterocycles. The summed E-state index contributed by atoms with van der Waals surface area (Å²) in [5.41, 5.74) is 0. The molecule has 58 heavy (non-hydrogen) atoms. The third kappa shape index (κ3) is 44.3. The number of phosphoric acid groups is 1. The van der Waals surface area contributed by atoms with Gasteiger partial charge in [0.1, 0.15) is 19.8 Å². The molecule has 2 atom stereocenters. The molecule has 9 nitrogen and oxygen atoms in total. The van der Waals surface area contributed by atoms with E-state index in [0.717, 1.165) is 38.5 Å². The van der Waals surface area contributed by atoms with Gasteiger partial charge in [0, 0.05) is 12.8 Å². The SMILES string of the molecule is CCCCCCCCCCC/C=C/CCCCC(=O)O[C@H](COC(=O)CCCCCCCCCCCCCCCCCCCCC)COP(=O)(O)OCC[N+](C)(C)C. The number of quaternary nitrogens is 1. The molecule has 344 valence electrons. The highest BCUT2D eigenvalue weighted by Gasteiger charge is 2.27. The number of hydrogen-bond acceptors (Lipinski definition) is 7. The van der Waals surface area contributed by atoms with Crippen LogP contribution in [0, 0.1) is 0 Å². The van der Waals surface area contributed by atoms with Gasteiger partial charge in [-0.3, -0.25) is 18.6 Å². The van der Waals surface area contributed by atoms with Crippen molar-refractivity contribution in [3.05, 3.63) is 12.2 Å². The van der Waals surface area contributed by atoms with Crippen molar-refractivity contribution in [3.63, 3.8) is 0 Å². The van der Waals surface area contributed by atoms with Gasteiger partial charge < -0.3 is 18.9 Å². The summed E-state index contributed by atoms with van der Waals surface area (Å²) >= 11 is 0. The van der Waals surface area contributed by atoms with Gasteiger partial charge in [-0.25, -0.2) is 4.57 Å². The maximum absolute atomic E-state index is 12.7. The van der Waals surface area contributed by atoms with Crippen LogP contribution in [0.2, 0.25) is 0 Å². The van der Waals surface area contributed by atoms with Crippen LogP contribution in [0.25, 0.3) is 0 Å². The lowest BCUT2D eigenvalue weighted by molar-refractivity contribution is -0.870. The van der Waals surface area contributed by atoms with Gasteiger partial charge in [-0.05, 0) is 38.5 Å². The minimum Gasteiger partial charge on any atom is -0.462 e. The quantitative estimate of drug-likeness (QED) is 0.0212. The molecule has 0 aromatic carbocycles. The molecule has 0 bridgehead atoms. The van der Waals surface area contributed by atoms with E-state index in [-0.39, 0.29) is 25.6 Å². The third-order valence-electron chi connectivity index (χ3n) is 10.8. The van der Waals surface area contributed by atoms with Gasteiger partial charge in [-0.15, -0.1) is 0 Å². The highest BCUT2D eigenvalue weighted by atomic mass is 31.2. The minimum absolute atomic E-state index is 0.0315. The molecular weight excluding hydrogens is 750 g/mol. The number of likely N-dealkylation sites (N-methyl/N-ethyl adjacent to an activating group) is 1. The van der Waals surface area contributed by atoms with Crippen molar-refractivity contribution >= 4 is 19.8 Å². The van der Waals surface area contributed by atoms with Gasteiger partial charge in [-0.1, -0.05) is 193 Å². The zero-order valence-electron chi connectivity index (χ0n) is 38.8. The van der Waals surface area contributed by atoms with Crippen molar-refractivity contribution in [1.29, 1.82) is 0 Å². The van der Waals surface area contributed by atoms with Gasteiger partial charge >= 0.3 is 19.8 Å². The molecule has 0 aliphatic rings. The fraction of sp³-hybridized carbons (Fsp3) is 0.917. The molecule has 10 heteroatoms. The topological polar surface area (TPSA) is 108 Å². The van der Waals surface area contributed by atoms with Gasteiger partial charge in [0.2, 0.25) is 0 Å². The minimum atomic E-state index is -4.38. The van der Waals surface area contributed by atoms with Gasteiger partial charge in [0.15, 0.2) is 6.10 Å². The number of nitrogens with zero attached hydrogens (tertiary/aromatic N) is 1. The smallest absolute Gasteiger partial charge is 0.462 e. The second kappa shape index (κ2) is 41.1. The Kier molecular flexibility index (Phi) is 40.2. The second-order valence-corrected chi connectivity index (χ2v) is 19.3. The molecule has 0 aliphatic carbocycles. The zero-order chi connectivity index (χ0) is 42.8. The largest absolute Gasteiger partial charge is 0.472 e. The van der Waals surface area contributed by atoms with E-state index in [2.05, 4.69) is 26.0 Å². The standard InChI is InChI=1S/C48H94NO8P/c1-6-8-10-12-14-16-18-20-22-23-24-25-27-28-30-32-34-36-38-40-47(50)54-44-46(45-56-58(52,53)55-43-42-49(3,4)5)57-48(51)41-39-37-35-33-31-29-26-21-19-17-15-13-11-9-7-2/h31,33,46H,6-30,32,34-45H2,1-5H3/p+1/b33-31+/t46-/m1/s1. The molecule has 0 aliphatic heterocycles. The third-order valence-corrected chi connectivity index (χ3v) is 11.8. The second-order valence-electron chi connectivity index (χ2n) is 17.9. The number of carbonyl (C=O) groups excluding carboxylic acids is 2. The normalized spacial score (nSPS) is 13.6. The predicted molar refractivity (Wildman–Crippen MR) is 243 cm³/mol. The lowest BCUT2D eigenvalue weighted by Gasteiger charge is -2.24. The van der Waals surface area contributed by atoms with Crippen LogP contribution in [-0.4, -0.2) is 74.9 Å². The highest BCUT2D eigenvalue weighted by Crippen LogP contribution is 2.43. The molecule has 0 saturated carbocycles. The average Bonchev–Trinajstić information content (AvgIpc) is 3.17. The average molecular weight is 845 g/mol. The number of rotatable bonds is 45. The molecule has 0 aromatic heterocycles. The maximum atomic E-state index is 12.7. The van der Waals surface area contributed by atoms with Crippen LogP contribution < -0.4 is 0 Å². The van der Waals surface area contributed by atoms with Crippen molar-refractivity contribution in [2.24, 2.45) is 0 Å². The summed E-state index contributed by atoms with van der Waals surface area (Å²) in [7, 11) is 1.48. The van der Waals surface area contributed by atoms with E-state index < -0.39 is 26.5 Å².